The number of hydrogen-bond donors (Lipinski definition) is 0. The number of carbonyl (C=O) groups is 2. The van der Waals surface area contributed by atoms with Crippen molar-refractivity contribution < 1.29 is 23.8 Å². The maximum absolute atomic E-state index is 11.5. The van der Waals surface area contributed by atoms with Crippen LogP contribution in [-0.2, 0) is 23.8 Å². The van der Waals surface area contributed by atoms with E-state index in [0.717, 1.165) is 0 Å². The van der Waals surface area contributed by atoms with Gasteiger partial charge in [0.25, 0.3) is 0 Å². The lowest BCUT2D eigenvalue weighted by molar-refractivity contribution is -0.168. The Bertz CT molecular complexity index is 241. The third-order valence-electron chi connectivity index (χ3n) is 2.64. The molecule has 0 saturated carbocycles. The maximum atomic E-state index is 11.5. The summed E-state index contributed by atoms with van der Waals surface area (Å²) in [4.78, 5) is 23.0. The van der Waals surface area contributed by atoms with Gasteiger partial charge < -0.3 is 14.2 Å². The number of ether oxygens (including phenoxy) is 3. The molecule has 0 N–H and O–H groups in total. The molecule has 15 heavy (non-hydrogen) atoms. The highest BCUT2D eigenvalue weighted by atomic mass is 16.6. The van der Waals surface area contributed by atoms with Gasteiger partial charge >= 0.3 is 11.9 Å². The van der Waals surface area contributed by atoms with Gasteiger partial charge in [0, 0.05) is 0 Å². The van der Waals surface area contributed by atoms with E-state index in [1.807, 2.05) is 0 Å². The highest BCUT2D eigenvalue weighted by molar-refractivity contribution is 5.99. The van der Waals surface area contributed by atoms with E-state index in [-0.39, 0.29) is 6.10 Å². The van der Waals surface area contributed by atoms with E-state index in [9.17, 15) is 9.59 Å². The van der Waals surface area contributed by atoms with E-state index in [1.165, 1.54) is 21.1 Å². The van der Waals surface area contributed by atoms with Crippen LogP contribution in [-0.4, -0.2) is 38.9 Å². The van der Waals surface area contributed by atoms with Gasteiger partial charge in [-0.05, 0) is 19.8 Å². The van der Waals surface area contributed by atoms with Crippen LogP contribution in [0.5, 0.6) is 0 Å². The minimum atomic E-state index is -1.21. The molecule has 1 aliphatic rings. The molecule has 5 nitrogen and oxygen atoms in total. The largest absolute Gasteiger partial charge is 0.468 e. The SMILES string of the molecule is COC(=O)C(C)(CC[C@@H]1CO1)C(=O)OC. The highest BCUT2D eigenvalue weighted by Gasteiger charge is 2.44. The Morgan fingerprint density at radius 1 is 1.33 bits per heavy atom. The van der Waals surface area contributed by atoms with Gasteiger partial charge in [0.15, 0.2) is 5.41 Å². The van der Waals surface area contributed by atoms with E-state index in [1.54, 1.807) is 0 Å². The van der Waals surface area contributed by atoms with Crippen molar-refractivity contribution in [3.8, 4) is 0 Å². The van der Waals surface area contributed by atoms with Gasteiger partial charge in [-0.1, -0.05) is 0 Å². The van der Waals surface area contributed by atoms with E-state index < -0.39 is 17.4 Å². The van der Waals surface area contributed by atoms with Gasteiger partial charge in [0.2, 0.25) is 0 Å². The molecular weight excluding hydrogens is 200 g/mol. The Kier molecular flexibility index (Phi) is 3.68. The average Bonchev–Trinajstić information content (AvgIpc) is 3.07. The van der Waals surface area contributed by atoms with Crippen LogP contribution in [0, 0.1) is 5.41 Å². The summed E-state index contributed by atoms with van der Waals surface area (Å²) >= 11 is 0. The Morgan fingerprint density at radius 2 is 1.80 bits per heavy atom. The minimum absolute atomic E-state index is 0.179. The maximum Gasteiger partial charge on any atom is 0.322 e. The fourth-order valence-electron chi connectivity index (χ4n) is 1.42. The molecule has 0 aromatic carbocycles. The first-order valence-corrected chi connectivity index (χ1v) is 4.83. The summed E-state index contributed by atoms with van der Waals surface area (Å²) in [6.45, 7) is 2.24. The first kappa shape index (κ1) is 12.0. The molecule has 0 spiro atoms. The summed E-state index contributed by atoms with van der Waals surface area (Å²) in [5.74, 6) is -1.12. The number of hydrogen-bond acceptors (Lipinski definition) is 5. The molecule has 1 heterocycles. The van der Waals surface area contributed by atoms with Crippen LogP contribution in [0.25, 0.3) is 0 Å². The second-order valence-corrected chi connectivity index (χ2v) is 3.81. The topological polar surface area (TPSA) is 65.1 Å². The monoisotopic (exact) mass is 216 g/mol. The molecule has 0 amide bonds. The summed E-state index contributed by atoms with van der Waals surface area (Å²) in [6.07, 6.45) is 1.23. The van der Waals surface area contributed by atoms with Crippen LogP contribution in [0.15, 0.2) is 0 Å². The molecule has 0 bridgehead atoms. The fourth-order valence-corrected chi connectivity index (χ4v) is 1.42. The molecule has 0 aromatic rings. The van der Waals surface area contributed by atoms with Crippen molar-refractivity contribution >= 4 is 11.9 Å². The number of rotatable bonds is 5. The lowest BCUT2D eigenvalue weighted by Gasteiger charge is -2.23. The zero-order chi connectivity index (χ0) is 11.5. The standard InChI is InChI=1S/C10H16O5/c1-10(8(11)13-2,9(12)14-3)5-4-7-6-15-7/h7H,4-6H2,1-3H3/t7-/m1/s1. The van der Waals surface area contributed by atoms with Crippen molar-refractivity contribution in [2.45, 2.75) is 25.9 Å². The molecule has 1 fully saturated rings. The summed E-state index contributed by atoms with van der Waals surface area (Å²) in [6, 6.07) is 0. The molecular formula is C10H16O5. The lowest BCUT2D eigenvalue weighted by Crippen LogP contribution is -2.38. The second-order valence-electron chi connectivity index (χ2n) is 3.81. The first-order chi connectivity index (χ1) is 7.04. The summed E-state index contributed by atoms with van der Waals surface area (Å²) in [5, 5.41) is 0. The van der Waals surface area contributed by atoms with E-state index in [2.05, 4.69) is 9.47 Å². The van der Waals surface area contributed by atoms with Crippen molar-refractivity contribution in [1.29, 1.82) is 0 Å². The van der Waals surface area contributed by atoms with Crippen molar-refractivity contribution in [3.63, 3.8) is 0 Å². The smallest absolute Gasteiger partial charge is 0.322 e. The molecule has 5 heteroatoms. The molecule has 0 unspecified atom stereocenters. The second kappa shape index (κ2) is 4.61. The number of carbonyl (C=O) groups excluding carboxylic acids is 2. The minimum Gasteiger partial charge on any atom is -0.468 e. The zero-order valence-corrected chi connectivity index (χ0v) is 9.24. The third kappa shape index (κ3) is 2.68. The van der Waals surface area contributed by atoms with E-state index in [4.69, 9.17) is 4.74 Å². The average molecular weight is 216 g/mol. The predicted molar refractivity (Wildman–Crippen MR) is 51.1 cm³/mol. The Labute approximate surface area is 88.7 Å². The van der Waals surface area contributed by atoms with Gasteiger partial charge in [-0.2, -0.15) is 0 Å². The molecule has 0 aromatic heterocycles. The molecule has 86 valence electrons. The van der Waals surface area contributed by atoms with Crippen molar-refractivity contribution in [3.05, 3.63) is 0 Å². The summed E-state index contributed by atoms with van der Waals surface area (Å²) < 4.78 is 14.2. The molecule has 1 atom stereocenters. The zero-order valence-electron chi connectivity index (χ0n) is 9.24. The van der Waals surface area contributed by atoms with Crippen LogP contribution in [0.3, 0.4) is 0 Å². The van der Waals surface area contributed by atoms with Gasteiger partial charge in [-0.3, -0.25) is 9.59 Å². The van der Waals surface area contributed by atoms with Gasteiger partial charge in [-0.25, -0.2) is 0 Å². The van der Waals surface area contributed by atoms with Crippen LogP contribution in [0.4, 0.5) is 0 Å². The first-order valence-electron chi connectivity index (χ1n) is 4.83. The molecule has 0 aliphatic carbocycles. The quantitative estimate of drug-likeness (QED) is 0.381. The van der Waals surface area contributed by atoms with Crippen LogP contribution in [0.1, 0.15) is 19.8 Å². The summed E-state index contributed by atoms with van der Waals surface area (Å²) in [7, 11) is 2.52. The third-order valence-corrected chi connectivity index (χ3v) is 2.64. The molecule has 1 saturated heterocycles. The number of methoxy groups -OCH3 is 2. The Balaban J connectivity index is 2.64. The van der Waals surface area contributed by atoms with Crippen molar-refractivity contribution in [2.24, 2.45) is 5.41 Å². The molecule has 1 aliphatic heterocycles. The summed E-state index contributed by atoms with van der Waals surface area (Å²) in [5.41, 5.74) is -1.21. The Hall–Kier alpha value is -1.10. The normalized spacial score (nSPS) is 19.5. The van der Waals surface area contributed by atoms with Gasteiger partial charge in [0.1, 0.15) is 0 Å². The number of esters is 2. The van der Waals surface area contributed by atoms with Crippen molar-refractivity contribution in [1.82, 2.24) is 0 Å². The lowest BCUT2D eigenvalue weighted by atomic mass is 9.85. The van der Waals surface area contributed by atoms with Gasteiger partial charge in [-0.15, -0.1) is 0 Å². The highest BCUT2D eigenvalue weighted by Crippen LogP contribution is 2.30. The van der Waals surface area contributed by atoms with E-state index >= 15 is 0 Å². The van der Waals surface area contributed by atoms with Crippen LogP contribution >= 0.6 is 0 Å². The Morgan fingerprint density at radius 3 is 2.13 bits per heavy atom. The van der Waals surface area contributed by atoms with Gasteiger partial charge in [0.05, 0.1) is 26.9 Å². The number of epoxide rings is 1. The van der Waals surface area contributed by atoms with Crippen molar-refractivity contribution in [2.75, 3.05) is 20.8 Å². The predicted octanol–water partition coefficient (Wildman–Crippen LogP) is 0.518. The fraction of sp³-hybridized carbons (Fsp3) is 0.800. The molecule has 1 rings (SSSR count). The van der Waals surface area contributed by atoms with E-state index in [0.29, 0.717) is 19.4 Å². The molecule has 0 radical (unpaired) electrons. The van der Waals surface area contributed by atoms with Crippen LogP contribution in [0.2, 0.25) is 0 Å². The van der Waals surface area contributed by atoms with Crippen LogP contribution < -0.4 is 0 Å².